The van der Waals surface area contributed by atoms with E-state index in [0.717, 1.165) is 11.3 Å². The van der Waals surface area contributed by atoms with Crippen molar-refractivity contribution in [2.24, 2.45) is 4.99 Å². The average Bonchev–Trinajstić information content (AvgIpc) is 1.82. The fourth-order valence-corrected chi connectivity index (χ4v) is 0.713. The van der Waals surface area contributed by atoms with Gasteiger partial charge >= 0.3 is 0 Å². The molecular formula is C10H17N. The fourth-order valence-electron chi connectivity index (χ4n) is 0.713. The van der Waals surface area contributed by atoms with Gasteiger partial charge in [-0.05, 0) is 33.8 Å². The van der Waals surface area contributed by atoms with Crippen LogP contribution in [0.5, 0.6) is 0 Å². The lowest BCUT2D eigenvalue weighted by molar-refractivity contribution is 0.836. The third kappa shape index (κ3) is 7.04. The highest BCUT2D eigenvalue weighted by atomic mass is 14.8. The van der Waals surface area contributed by atoms with E-state index >= 15 is 0 Å². The van der Waals surface area contributed by atoms with Gasteiger partial charge in [0, 0.05) is 11.8 Å². The van der Waals surface area contributed by atoms with E-state index in [-0.39, 0.29) is 0 Å². The van der Waals surface area contributed by atoms with Crippen LogP contribution in [0.4, 0.5) is 0 Å². The quantitative estimate of drug-likeness (QED) is 0.434. The zero-order chi connectivity index (χ0) is 8.85. The highest BCUT2D eigenvalue weighted by Gasteiger charge is 1.87. The molecule has 0 bridgehead atoms. The van der Waals surface area contributed by atoms with E-state index in [1.165, 1.54) is 0 Å². The topological polar surface area (TPSA) is 12.4 Å². The molecule has 0 amide bonds. The molecule has 0 saturated heterocycles. The molecule has 0 spiro atoms. The molecule has 0 atom stereocenters. The van der Waals surface area contributed by atoms with Crippen molar-refractivity contribution in [2.45, 2.75) is 33.7 Å². The zero-order valence-corrected chi connectivity index (χ0v) is 7.89. The highest BCUT2D eigenvalue weighted by molar-refractivity contribution is 5.93. The smallest absolute Gasteiger partial charge is 0.0446 e. The summed E-state index contributed by atoms with van der Waals surface area (Å²) in [5.41, 5.74) is 2.12. The third-order valence-corrected chi connectivity index (χ3v) is 1.07. The first-order chi connectivity index (χ1) is 5.02. The molecule has 0 aliphatic rings. The van der Waals surface area contributed by atoms with Crippen LogP contribution in [0.1, 0.15) is 27.7 Å². The van der Waals surface area contributed by atoms with Gasteiger partial charge in [-0.15, -0.1) is 0 Å². The van der Waals surface area contributed by atoms with Gasteiger partial charge in [-0.3, -0.25) is 4.99 Å². The largest absolute Gasteiger partial charge is 0.287 e. The van der Waals surface area contributed by atoms with Gasteiger partial charge in [0.2, 0.25) is 0 Å². The summed E-state index contributed by atoms with van der Waals surface area (Å²) in [6.45, 7) is 11.9. The Morgan fingerprint density at radius 3 is 2.18 bits per heavy atom. The number of allylic oxidation sites excluding steroid dienone is 3. The number of nitrogens with zero attached hydrogens (tertiary/aromatic N) is 1. The van der Waals surface area contributed by atoms with Gasteiger partial charge < -0.3 is 0 Å². The molecule has 0 aliphatic heterocycles. The van der Waals surface area contributed by atoms with Crippen molar-refractivity contribution in [3.63, 3.8) is 0 Å². The molecule has 1 heteroatoms. The third-order valence-electron chi connectivity index (χ3n) is 1.07. The average molecular weight is 151 g/mol. The van der Waals surface area contributed by atoms with Crippen LogP contribution in [0.2, 0.25) is 0 Å². The highest BCUT2D eigenvalue weighted by Crippen LogP contribution is 1.93. The van der Waals surface area contributed by atoms with Gasteiger partial charge in [-0.2, -0.15) is 0 Å². The van der Waals surface area contributed by atoms with Crippen molar-refractivity contribution in [2.75, 3.05) is 0 Å². The van der Waals surface area contributed by atoms with Crippen molar-refractivity contribution < 1.29 is 0 Å². The van der Waals surface area contributed by atoms with Crippen LogP contribution in [0.15, 0.2) is 29.3 Å². The Hall–Kier alpha value is -0.850. The second-order valence-electron chi connectivity index (χ2n) is 3.04. The first-order valence-corrected chi connectivity index (χ1v) is 3.90. The van der Waals surface area contributed by atoms with Gasteiger partial charge in [-0.25, -0.2) is 0 Å². The molecule has 0 heterocycles. The van der Waals surface area contributed by atoms with Gasteiger partial charge in [0.05, 0.1) is 0 Å². The first-order valence-electron chi connectivity index (χ1n) is 3.90. The van der Waals surface area contributed by atoms with Gasteiger partial charge in [-0.1, -0.05) is 18.2 Å². The van der Waals surface area contributed by atoms with Crippen molar-refractivity contribution in [1.82, 2.24) is 0 Å². The second kappa shape index (κ2) is 4.89. The number of hydrogen-bond acceptors (Lipinski definition) is 1. The predicted octanol–water partition coefficient (Wildman–Crippen LogP) is 2.99. The van der Waals surface area contributed by atoms with E-state index < -0.39 is 0 Å². The molecule has 11 heavy (non-hydrogen) atoms. The zero-order valence-electron chi connectivity index (χ0n) is 7.89. The molecule has 0 aliphatic carbocycles. The summed E-state index contributed by atoms with van der Waals surface area (Å²) in [5, 5.41) is 0. The number of rotatable bonds is 3. The summed E-state index contributed by atoms with van der Waals surface area (Å²) >= 11 is 0. The maximum Gasteiger partial charge on any atom is 0.0446 e. The van der Waals surface area contributed by atoms with Crippen LogP contribution in [0, 0.1) is 0 Å². The van der Waals surface area contributed by atoms with Crippen molar-refractivity contribution in [3.8, 4) is 0 Å². The van der Waals surface area contributed by atoms with E-state index in [1.807, 2.05) is 26.0 Å². The minimum atomic E-state index is 0.379. The SMILES string of the molecule is C=C(C)/C=C\C(C)=N\C(C)C. The Morgan fingerprint density at radius 2 is 1.82 bits per heavy atom. The molecule has 0 N–H and O–H groups in total. The van der Waals surface area contributed by atoms with Crippen LogP contribution in [-0.4, -0.2) is 11.8 Å². The van der Waals surface area contributed by atoms with Crippen molar-refractivity contribution in [1.29, 1.82) is 0 Å². The summed E-state index contributed by atoms with van der Waals surface area (Å²) in [6.07, 6.45) is 3.96. The van der Waals surface area contributed by atoms with Crippen molar-refractivity contribution >= 4 is 5.71 Å². The Balaban J connectivity index is 4.05. The lowest BCUT2D eigenvalue weighted by Crippen LogP contribution is -1.94. The maximum atomic E-state index is 4.34. The summed E-state index contributed by atoms with van der Waals surface area (Å²) in [6, 6.07) is 0.379. The van der Waals surface area contributed by atoms with Gasteiger partial charge in [0.15, 0.2) is 0 Å². The van der Waals surface area contributed by atoms with E-state index in [2.05, 4.69) is 25.4 Å². The van der Waals surface area contributed by atoms with Crippen LogP contribution in [0.25, 0.3) is 0 Å². The van der Waals surface area contributed by atoms with Crippen LogP contribution in [-0.2, 0) is 0 Å². The van der Waals surface area contributed by atoms with E-state index in [1.54, 1.807) is 0 Å². The Kier molecular flexibility index (Phi) is 4.51. The van der Waals surface area contributed by atoms with Crippen LogP contribution < -0.4 is 0 Å². The summed E-state index contributed by atoms with van der Waals surface area (Å²) in [5.74, 6) is 0. The molecule has 1 nitrogen and oxygen atoms in total. The van der Waals surface area contributed by atoms with E-state index in [4.69, 9.17) is 0 Å². The monoisotopic (exact) mass is 151 g/mol. The fraction of sp³-hybridized carbons (Fsp3) is 0.500. The number of aliphatic imine (C=N–C) groups is 1. The standard InChI is InChI=1S/C10H17N/c1-8(2)6-7-10(5)11-9(3)4/h6-7,9H,1H2,2-5H3/b7-6-,11-10+. The molecule has 0 aromatic carbocycles. The molecule has 62 valence electrons. The maximum absolute atomic E-state index is 4.34. The minimum Gasteiger partial charge on any atom is -0.287 e. The summed E-state index contributed by atoms with van der Waals surface area (Å²) in [4.78, 5) is 4.34. The lowest BCUT2D eigenvalue weighted by atomic mass is 10.2. The molecule has 0 saturated carbocycles. The molecule has 0 unspecified atom stereocenters. The van der Waals surface area contributed by atoms with E-state index in [0.29, 0.717) is 6.04 Å². The number of hydrogen-bond donors (Lipinski definition) is 0. The summed E-state index contributed by atoms with van der Waals surface area (Å²) in [7, 11) is 0. The van der Waals surface area contributed by atoms with Crippen molar-refractivity contribution in [3.05, 3.63) is 24.3 Å². The van der Waals surface area contributed by atoms with Crippen LogP contribution >= 0.6 is 0 Å². The van der Waals surface area contributed by atoms with Gasteiger partial charge in [0.25, 0.3) is 0 Å². The minimum absolute atomic E-state index is 0.379. The Morgan fingerprint density at radius 1 is 1.27 bits per heavy atom. The summed E-state index contributed by atoms with van der Waals surface area (Å²) < 4.78 is 0. The molecule has 0 aromatic heterocycles. The molecular weight excluding hydrogens is 134 g/mol. The van der Waals surface area contributed by atoms with E-state index in [9.17, 15) is 0 Å². The Labute approximate surface area is 69.5 Å². The molecule has 0 aromatic rings. The molecule has 0 rings (SSSR count). The normalized spacial score (nSPS) is 13.0. The van der Waals surface area contributed by atoms with Crippen LogP contribution in [0.3, 0.4) is 0 Å². The molecule has 0 fully saturated rings. The Bertz CT molecular complexity index is 185. The lowest BCUT2D eigenvalue weighted by Gasteiger charge is -1.96. The van der Waals surface area contributed by atoms with Gasteiger partial charge in [0.1, 0.15) is 0 Å². The predicted molar refractivity (Wildman–Crippen MR) is 52.2 cm³/mol. The molecule has 0 radical (unpaired) electrons. The first kappa shape index (κ1) is 10.2. The second-order valence-corrected chi connectivity index (χ2v) is 3.04.